The largest absolute Gasteiger partial charge is 0.462 e. The lowest BCUT2D eigenvalue weighted by Crippen LogP contribution is -2.69. The van der Waals surface area contributed by atoms with Gasteiger partial charge in [0.15, 0.2) is 12.1 Å². The summed E-state index contributed by atoms with van der Waals surface area (Å²) in [6.45, 7) is 8.16. The van der Waals surface area contributed by atoms with Crippen molar-refractivity contribution in [3.8, 4) is 0 Å². The highest BCUT2D eigenvalue weighted by Crippen LogP contribution is 2.70. The molecular formula is C30H39NO8. The Morgan fingerprint density at radius 2 is 1.95 bits per heavy atom. The normalized spacial score (nSPS) is 44.4. The van der Waals surface area contributed by atoms with Crippen LogP contribution in [0.15, 0.2) is 24.5 Å². The van der Waals surface area contributed by atoms with Crippen LogP contribution < -0.4 is 0 Å². The first-order valence-electron chi connectivity index (χ1n) is 14.3. The van der Waals surface area contributed by atoms with Gasteiger partial charge in [-0.2, -0.15) is 0 Å². The van der Waals surface area contributed by atoms with Crippen molar-refractivity contribution in [2.75, 3.05) is 13.2 Å². The number of epoxide rings is 1. The second-order valence-corrected chi connectivity index (χ2v) is 12.6. The van der Waals surface area contributed by atoms with Gasteiger partial charge in [-0.05, 0) is 63.0 Å². The van der Waals surface area contributed by atoms with Gasteiger partial charge in [0, 0.05) is 30.7 Å². The SMILES string of the molecule is CC(=O)O[C@H]1C[C@@H](C)[C@](C)(C2C[C@H]3C[C@@H](C(C)=O)O[C@H]3O2)[C@H]2CCC[C@]3(CO3)[C@]12COC(=O)c1cccnc1. The molecule has 0 aromatic carbocycles. The number of ether oxygens (including phenoxy) is 5. The Morgan fingerprint density at radius 3 is 2.59 bits per heavy atom. The molecule has 5 aliphatic rings. The van der Waals surface area contributed by atoms with E-state index in [1.165, 1.54) is 13.1 Å². The van der Waals surface area contributed by atoms with Crippen molar-refractivity contribution in [1.29, 1.82) is 0 Å². The number of carbonyl (C=O) groups is 3. The smallest absolute Gasteiger partial charge is 0.339 e. The van der Waals surface area contributed by atoms with Crippen molar-refractivity contribution < 1.29 is 38.1 Å². The number of rotatable bonds is 6. The third-order valence-corrected chi connectivity index (χ3v) is 10.8. The van der Waals surface area contributed by atoms with E-state index in [9.17, 15) is 14.4 Å². The van der Waals surface area contributed by atoms with Gasteiger partial charge >= 0.3 is 11.9 Å². The Morgan fingerprint density at radius 1 is 1.15 bits per heavy atom. The molecule has 6 rings (SSSR count). The summed E-state index contributed by atoms with van der Waals surface area (Å²) in [5, 5.41) is 0. The van der Waals surface area contributed by atoms with E-state index in [4.69, 9.17) is 23.7 Å². The maximum atomic E-state index is 13.1. The van der Waals surface area contributed by atoms with Crippen LogP contribution in [0.4, 0.5) is 0 Å². The molecule has 212 valence electrons. The van der Waals surface area contributed by atoms with Crippen LogP contribution in [0.5, 0.6) is 0 Å². The molecule has 5 fully saturated rings. The van der Waals surface area contributed by atoms with Crippen LogP contribution in [-0.4, -0.2) is 66.1 Å². The summed E-state index contributed by atoms with van der Waals surface area (Å²) in [4.78, 5) is 41.6. The molecule has 3 saturated heterocycles. The number of fused-ring (bicyclic) bond motifs is 3. The van der Waals surface area contributed by atoms with Crippen LogP contribution in [0.3, 0.4) is 0 Å². The van der Waals surface area contributed by atoms with Crippen LogP contribution in [0.1, 0.15) is 76.6 Å². The Bertz CT molecular complexity index is 1120. The van der Waals surface area contributed by atoms with Crippen molar-refractivity contribution in [2.45, 2.75) is 96.4 Å². The summed E-state index contributed by atoms with van der Waals surface area (Å²) in [6.07, 6.45) is 6.59. The summed E-state index contributed by atoms with van der Waals surface area (Å²) < 4.78 is 31.1. The number of nitrogens with zero attached hydrogens (tertiary/aromatic N) is 1. The van der Waals surface area contributed by atoms with Gasteiger partial charge in [0.1, 0.15) is 24.4 Å². The molecule has 0 amide bonds. The first-order chi connectivity index (χ1) is 18.6. The van der Waals surface area contributed by atoms with Gasteiger partial charge in [-0.3, -0.25) is 14.6 Å². The summed E-state index contributed by atoms with van der Waals surface area (Å²) in [6, 6.07) is 3.39. The minimum atomic E-state index is -0.708. The summed E-state index contributed by atoms with van der Waals surface area (Å²) in [5.74, 6) is -0.398. The maximum absolute atomic E-state index is 13.1. The number of esters is 2. The van der Waals surface area contributed by atoms with E-state index in [0.29, 0.717) is 25.0 Å². The zero-order valence-electron chi connectivity index (χ0n) is 23.2. The molecular weight excluding hydrogens is 502 g/mol. The second-order valence-electron chi connectivity index (χ2n) is 12.6. The predicted molar refractivity (Wildman–Crippen MR) is 137 cm³/mol. The van der Waals surface area contributed by atoms with Crippen LogP contribution in [-0.2, 0) is 33.3 Å². The van der Waals surface area contributed by atoms with Gasteiger partial charge in [0.05, 0.1) is 23.7 Å². The van der Waals surface area contributed by atoms with Gasteiger partial charge in [-0.15, -0.1) is 0 Å². The Kier molecular flexibility index (Phi) is 6.63. The highest BCUT2D eigenvalue weighted by molar-refractivity contribution is 5.89. The van der Waals surface area contributed by atoms with Gasteiger partial charge in [-0.25, -0.2) is 4.79 Å². The lowest BCUT2D eigenvalue weighted by Gasteiger charge is -2.64. The van der Waals surface area contributed by atoms with E-state index >= 15 is 0 Å². The monoisotopic (exact) mass is 541 g/mol. The van der Waals surface area contributed by atoms with Crippen LogP contribution >= 0.6 is 0 Å². The number of pyridine rings is 1. The molecule has 39 heavy (non-hydrogen) atoms. The quantitative estimate of drug-likeness (QED) is 0.391. The predicted octanol–water partition coefficient (Wildman–Crippen LogP) is 3.88. The maximum Gasteiger partial charge on any atom is 0.339 e. The number of aromatic nitrogens is 1. The van der Waals surface area contributed by atoms with Crippen LogP contribution in [0.2, 0.25) is 0 Å². The van der Waals surface area contributed by atoms with Crippen molar-refractivity contribution in [3.05, 3.63) is 30.1 Å². The molecule has 2 aliphatic carbocycles. The number of hydrogen-bond acceptors (Lipinski definition) is 9. The first kappa shape index (κ1) is 26.8. The van der Waals surface area contributed by atoms with Crippen LogP contribution in [0, 0.1) is 28.6 Å². The summed E-state index contributed by atoms with van der Waals surface area (Å²) in [5.41, 5.74) is -1.15. The minimum absolute atomic E-state index is 0.0171. The average molecular weight is 542 g/mol. The zero-order valence-corrected chi connectivity index (χ0v) is 23.2. The van der Waals surface area contributed by atoms with Gasteiger partial charge in [0.25, 0.3) is 0 Å². The number of Topliss-reactive ketones (excluding diaryl/α,β-unsaturated/α-hetero) is 1. The van der Waals surface area contributed by atoms with E-state index in [1.807, 2.05) is 0 Å². The molecule has 1 aromatic rings. The van der Waals surface area contributed by atoms with Crippen LogP contribution in [0.25, 0.3) is 0 Å². The molecule has 9 heteroatoms. The van der Waals surface area contributed by atoms with E-state index < -0.39 is 29.2 Å². The van der Waals surface area contributed by atoms with Gasteiger partial charge in [-0.1, -0.05) is 20.3 Å². The molecule has 1 unspecified atom stereocenters. The average Bonchev–Trinajstić information content (AvgIpc) is 3.38. The highest BCUT2D eigenvalue weighted by Gasteiger charge is 2.76. The zero-order chi connectivity index (χ0) is 27.6. The molecule has 0 radical (unpaired) electrons. The lowest BCUT2D eigenvalue weighted by molar-refractivity contribution is -0.255. The topological polar surface area (TPSA) is 114 Å². The summed E-state index contributed by atoms with van der Waals surface area (Å²) >= 11 is 0. The molecule has 10 atom stereocenters. The van der Waals surface area contributed by atoms with E-state index in [1.54, 1.807) is 25.3 Å². The van der Waals surface area contributed by atoms with E-state index in [-0.39, 0.29) is 53.9 Å². The van der Waals surface area contributed by atoms with Crippen molar-refractivity contribution in [2.24, 2.45) is 28.6 Å². The molecule has 1 spiro atoms. The Balaban J connectivity index is 1.35. The molecule has 2 saturated carbocycles. The third-order valence-electron chi connectivity index (χ3n) is 10.8. The molecule has 0 N–H and O–H groups in total. The molecule has 3 aliphatic heterocycles. The number of hydrogen-bond donors (Lipinski definition) is 0. The molecule has 1 aromatic heterocycles. The number of carbonyl (C=O) groups excluding carboxylic acids is 3. The van der Waals surface area contributed by atoms with Crippen molar-refractivity contribution in [3.63, 3.8) is 0 Å². The van der Waals surface area contributed by atoms with Gasteiger partial charge < -0.3 is 23.7 Å². The standard InChI is InChI=1S/C30H39NO8/c1-17-11-25(37-19(3)33)30(16-35-26(34)20-7-6-10-31-14-20)23(8-5-9-29(30)15-36-29)28(17,4)24-13-21-12-22(18(2)32)38-27(21)39-24/h6-7,10,14,17,21-25,27H,5,8-9,11-13,15-16H2,1-4H3/t17-,21-,22+,23-,24?,25+,27+,28+,29+,30+/m1/s1. The Labute approximate surface area is 229 Å². The minimum Gasteiger partial charge on any atom is -0.462 e. The van der Waals surface area contributed by atoms with Crippen molar-refractivity contribution in [1.82, 2.24) is 4.98 Å². The summed E-state index contributed by atoms with van der Waals surface area (Å²) in [7, 11) is 0. The third kappa shape index (κ3) is 4.15. The lowest BCUT2D eigenvalue weighted by atomic mass is 9.42. The molecule has 9 nitrogen and oxygen atoms in total. The Hall–Kier alpha value is -2.36. The van der Waals surface area contributed by atoms with Crippen molar-refractivity contribution >= 4 is 17.7 Å². The fraction of sp³-hybridized carbons (Fsp3) is 0.733. The second kappa shape index (κ2) is 9.63. The fourth-order valence-electron chi connectivity index (χ4n) is 8.60. The molecule has 0 bridgehead atoms. The van der Waals surface area contributed by atoms with Gasteiger partial charge in [0.2, 0.25) is 0 Å². The molecule has 4 heterocycles. The fourth-order valence-corrected chi connectivity index (χ4v) is 8.60. The highest BCUT2D eigenvalue weighted by atomic mass is 16.7. The van der Waals surface area contributed by atoms with E-state index in [0.717, 1.165) is 25.7 Å². The number of ketones is 1. The first-order valence-corrected chi connectivity index (χ1v) is 14.3. The van der Waals surface area contributed by atoms with E-state index in [2.05, 4.69) is 18.8 Å².